The van der Waals surface area contributed by atoms with Crippen molar-refractivity contribution in [1.82, 2.24) is 0 Å². The first-order chi connectivity index (χ1) is 22.1. The molecule has 0 N–H and O–H groups in total. The van der Waals surface area contributed by atoms with Gasteiger partial charge in [0, 0.05) is 6.61 Å². The van der Waals surface area contributed by atoms with Gasteiger partial charge in [-0.3, -0.25) is 0 Å². The van der Waals surface area contributed by atoms with Gasteiger partial charge < -0.3 is 18.9 Å². The van der Waals surface area contributed by atoms with Gasteiger partial charge in [0.25, 0.3) is 0 Å². The Balaban J connectivity index is 1.82. The zero-order valence-electron chi connectivity index (χ0n) is 28.3. The van der Waals surface area contributed by atoms with Crippen LogP contribution in [-0.4, -0.2) is 32.2 Å². The van der Waals surface area contributed by atoms with Crippen LogP contribution >= 0.6 is 0 Å². The molecule has 0 aliphatic rings. The van der Waals surface area contributed by atoms with E-state index in [9.17, 15) is 4.39 Å². The van der Waals surface area contributed by atoms with Crippen LogP contribution in [0.3, 0.4) is 0 Å². The minimum absolute atomic E-state index is 0.169. The molecule has 0 aliphatic carbocycles. The number of ether oxygens (including phenoxy) is 4. The Kier molecular flexibility index (Phi) is 17.7. The van der Waals surface area contributed by atoms with Crippen LogP contribution in [-0.2, 0) is 9.47 Å². The molecule has 2 atom stereocenters. The van der Waals surface area contributed by atoms with Crippen molar-refractivity contribution in [3.8, 4) is 33.8 Å². The average molecular weight is 621 g/mol. The minimum atomic E-state index is -0.515. The molecule has 4 nitrogen and oxygen atoms in total. The van der Waals surface area contributed by atoms with E-state index in [2.05, 4.69) is 39.8 Å². The molecular formula is C40H57FO4. The number of unbranched alkanes of at least 4 members (excludes halogenated alkanes) is 9. The summed E-state index contributed by atoms with van der Waals surface area (Å²) < 4.78 is 39.5. The Morgan fingerprint density at radius 3 is 1.87 bits per heavy atom. The fourth-order valence-corrected chi connectivity index (χ4v) is 5.42. The Hall–Kier alpha value is -2.89. The van der Waals surface area contributed by atoms with Crippen molar-refractivity contribution in [3.05, 3.63) is 72.5 Å². The Morgan fingerprint density at radius 1 is 0.556 bits per heavy atom. The summed E-state index contributed by atoms with van der Waals surface area (Å²) in [6.07, 6.45) is 14.1. The lowest BCUT2D eigenvalue weighted by atomic mass is 9.94. The van der Waals surface area contributed by atoms with Crippen LogP contribution in [0.4, 0.5) is 4.39 Å². The van der Waals surface area contributed by atoms with Gasteiger partial charge in [0.15, 0.2) is 0 Å². The van der Waals surface area contributed by atoms with Crippen LogP contribution in [0, 0.1) is 5.82 Å². The fraction of sp³-hybridized carbons (Fsp3) is 0.550. The van der Waals surface area contributed by atoms with Crippen LogP contribution < -0.4 is 9.47 Å². The Morgan fingerprint density at radius 2 is 1.18 bits per heavy atom. The summed E-state index contributed by atoms with van der Waals surface area (Å²) in [4.78, 5) is 0. The normalized spacial score (nSPS) is 12.6. The summed E-state index contributed by atoms with van der Waals surface area (Å²) in [6.45, 7) is 10.8. The van der Waals surface area contributed by atoms with Crippen molar-refractivity contribution < 1.29 is 23.3 Å². The topological polar surface area (TPSA) is 36.9 Å². The fourth-order valence-electron chi connectivity index (χ4n) is 5.42. The molecule has 45 heavy (non-hydrogen) atoms. The van der Waals surface area contributed by atoms with E-state index in [4.69, 9.17) is 18.9 Å². The largest absolute Gasteiger partial charge is 0.494 e. The molecule has 0 aliphatic heterocycles. The molecule has 0 bridgehead atoms. The maximum Gasteiger partial charge on any atom is 0.226 e. The maximum atomic E-state index is 14.3. The molecule has 0 saturated heterocycles. The first-order valence-corrected chi connectivity index (χ1v) is 17.6. The number of halogens is 1. The number of hydrogen-bond donors (Lipinski definition) is 0. The summed E-state index contributed by atoms with van der Waals surface area (Å²) >= 11 is 0. The quantitative estimate of drug-likeness (QED) is 0.0737. The first-order valence-electron chi connectivity index (χ1n) is 17.6. The van der Waals surface area contributed by atoms with E-state index in [1.807, 2.05) is 36.4 Å². The summed E-state index contributed by atoms with van der Waals surface area (Å²) in [6, 6.07) is 20.9. The van der Waals surface area contributed by atoms with Gasteiger partial charge in [0.05, 0.1) is 13.2 Å². The van der Waals surface area contributed by atoms with Crippen LogP contribution in [0.25, 0.3) is 22.3 Å². The molecule has 0 fully saturated rings. The van der Waals surface area contributed by atoms with E-state index in [0.717, 1.165) is 86.0 Å². The Bertz CT molecular complexity index is 1200. The van der Waals surface area contributed by atoms with Crippen molar-refractivity contribution in [2.45, 2.75) is 124 Å². The lowest BCUT2D eigenvalue weighted by molar-refractivity contribution is -0.165. The van der Waals surface area contributed by atoms with Crippen LogP contribution in [0.2, 0.25) is 0 Å². The van der Waals surface area contributed by atoms with E-state index in [0.29, 0.717) is 19.0 Å². The van der Waals surface area contributed by atoms with Crippen molar-refractivity contribution in [2.24, 2.45) is 0 Å². The summed E-state index contributed by atoms with van der Waals surface area (Å²) in [5.41, 5.74) is 3.72. The van der Waals surface area contributed by atoms with Gasteiger partial charge >= 0.3 is 0 Å². The molecular weight excluding hydrogens is 563 g/mol. The minimum Gasteiger partial charge on any atom is -0.494 e. The maximum absolute atomic E-state index is 14.3. The van der Waals surface area contributed by atoms with Gasteiger partial charge in [-0.2, -0.15) is 0 Å². The van der Waals surface area contributed by atoms with Crippen molar-refractivity contribution in [3.63, 3.8) is 0 Å². The van der Waals surface area contributed by atoms with E-state index in [-0.39, 0.29) is 11.9 Å². The summed E-state index contributed by atoms with van der Waals surface area (Å²) in [5, 5.41) is 0. The van der Waals surface area contributed by atoms with Gasteiger partial charge in [-0.1, -0.05) is 116 Å². The van der Waals surface area contributed by atoms with Gasteiger partial charge in [0.1, 0.15) is 23.4 Å². The lowest BCUT2D eigenvalue weighted by Crippen LogP contribution is -2.37. The second-order valence-corrected chi connectivity index (χ2v) is 11.9. The molecule has 3 aromatic carbocycles. The van der Waals surface area contributed by atoms with E-state index >= 15 is 0 Å². The van der Waals surface area contributed by atoms with Gasteiger partial charge in [-0.25, -0.2) is 4.39 Å². The monoisotopic (exact) mass is 620 g/mol. The highest BCUT2D eigenvalue weighted by molar-refractivity contribution is 5.84. The predicted molar refractivity (Wildman–Crippen MR) is 186 cm³/mol. The summed E-state index contributed by atoms with van der Waals surface area (Å²) in [5.74, 6) is 1.30. The molecule has 1 unspecified atom stereocenters. The molecule has 0 spiro atoms. The molecule has 0 amide bonds. The van der Waals surface area contributed by atoms with E-state index in [1.54, 1.807) is 12.1 Å². The standard InChI is InChI=1S/C40H57FO4/c1-5-9-12-13-14-17-27-42-35-23-21-32(22-24-35)38-31-36(25-26-37(38)33-19-18-20-34(41)30-33)45-40(44-29-16-11-7-3)39(8-4)43-28-15-10-6-2/h18-26,30-31,39-40H,5-17,27-29H2,1-4H3/t39-,40?/m0/s1. The van der Waals surface area contributed by atoms with E-state index in [1.165, 1.54) is 38.2 Å². The van der Waals surface area contributed by atoms with Gasteiger partial charge in [-0.05, 0) is 84.3 Å². The number of hydrogen-bond acceptors (Lipinski definition) is 4. The number of rotatable bonds is 24. The molecule has 0 radical (unpaired) electrons. The first kappa shape index (κ1) is 36.6. The van der Waals surface area contributed by atoms with Crippen LogP contribution in [0.15, 0.2) is 66.7 Å². The molecule has 5 heteroatoms. The second kappa shape index (κ2) is 21.8. The zero-order valence-corrected chi connectivity index (χ0v) is 28.3. The molecule has 3 rings (SSSR count). The average Bonchev–Trinajstić information content (AvgIpc) is 3.06. The van der Waals surface area contributed by atoms with E-state index < -0.39 is 6.29 Å². The van der Waals surface area contributed by atoms with Crippen LogP contribution in [0.1, 0.15) is 111 Å². The third kappa shape index (κ3) is 13.2. The Labute approximate surface area is 272 Å². The highest BCUT2D eigenvalue weighted by Crippen LogP contribution is 2.36. The molecule has 0 saturated carbocycles. The van der Waals surface area contributed by atoms with Crippen molar-refractivity contribution >= 4 is 0 Å². The van der Waals surface area contributed by atoms with Crippen molar-refractivity contribution in [2.75, 3.05) is 19.8 Å². The molecule has 3 aromatic rings. The van der Waals surface area contributed by atoms with Crippen LogP contribution in [0.5, 0.6) is 11.5 Å². The van der Waals surface area contributed by atoms with Crippen molar-refractivity contribution in [1.29, 1.82) is 0 Å². The predicted octanol–water partition coefficient (Wildman–Crippen LogP) is 11.8. The number of benzene rings is 3. The molecule has 248 valence electrons. The molecule has 0 aromatic heterocycles. The smallest absolute Gasteiger partial charge is 0.226 e. The third-order valence-corrected chi connectivity index (χ3v) is 8.13. The molecule has 0 heterocycles. The highest BCUT2D eigenvalue weighted by Gasteiger charge is 2.24. The van der Waals surface area contributed by atoms with Gasteiger partial charge in [-0.15, -0.1) is 0 Å². The summed E-state index contributed by atoms with van der Waals surface area (Å²) in [7, 11) is 0. The second-order valence-electron chi connectivity index (χ2n) is 11.9. The SMILES string of the molecule is CCCCCCCCOc1ccc(-c2cc(OC(OCCCCC)[C@H](CC)OCCCCC)ccc2-c2cccc(F)c2)cc1. The van der Waals surface area contributed by atoms with Gasteiger partial charge in [0.2, 0.25) is 6.29 Å². The lowest BCUT2D eigenvalue weighted by Gasteiger charge is -2.28. The third-order valence-electron chi connectivity index (χ3n) is 8.13. The zero-order chi connectivity index (χ0) is 32.1. The highest BCUT2D eigenvalue weighted by atomic mass is 19.1.